The summed E-state index contributed by atoms with van der Waals surface area (Å²) in [5.74, 6) is 0.218. The second-order valence-electron chi connectivity index (χ2n) is 4.26. The van der Waals surface area contributed by atoms with Gasteiger partial charge in [-0.3, -0.25) is 0 Å². The van der Waals surface area contributed by atoms with Crippen molar-refractivity contribution in [1.29, 1.82) is 5.26 Å². The smallest absolute Gasteiger partial charge is 0.124 e. The fraction of sp³-hybridized carbons (Fsp3) is 0. The number of nitriles is 1. The minimum absolute atomic E-state index is 0.218. The van der Waals surface area contributed by atoms with Crippen molar-refractivity contribution in [2.75, 3.05) is 0 Å². The number of H-pyrrole nitrogens is 1. The van der Waals surface area contributed by atoms with Crippen molar-refractivity contribution < 1.29 is 5.11 Å². The monoisotopic (exact) mass is 312 g/mol. The Hall–Kier alpha value is -2.25. The van der Waals surface area contributed by atoms with Gasteiger partial charge in [0.2, 0.25) is 0 Å². The quantitative estimate of drug-likeness (QED) is 0.708. The zero-order chi connectivity index (χ0) is 13.4. The molecule has 2 aromatic carbocycles. The SMILES string of the molecule is N#Cc1ccc2[nH]c(-c3cc(Br)ccc3O)cc2c1. The number of nitrogens with one attached hydrogen (secondary N) is 1. The van der Waals surface area contributed by atoms with Gasteiger partial charge >= 0.3 is 0 Å². The highest BCUT2D eigenvalue weighted by molar-refractivity contribution is 9.10. The number of nitrogens with zero attached hydrogens (tertiary/aromatic N) is 1. The molecule has 0 atom stereocenters. The maximum absolute atomic E-state index is 9.92. The lowest BCUT2D eigenvalue weighted by molar-refractivity contribution is 0.477. The van der Waals surface area contributed by atoms with Crippen molar-refractivity contribution in [1.82, 2.24) is 4.98 Å². The van der Waals surface area contributed by atoms with Crippen LogP contribution in [0.5, 0.6) is 5.75 Å². The van der Waals surface area contributed by atoms with Gasteiger partial charge in [-0.15, -0.1) is 0 Å². The molecule has 0 aliphatic carbocycles. The fourth-order valence-corrected chi connectivity index (χ4v) is 2.43. The molecule has 0 aliphatic heterocycles. The highest BCUT2D eigenvalue weighted by Gasteiger charge is 2.08. The predicted molar refractivity (Wildman–Crippen MR) is 77.8 cm³/mol. The summed E-state index contributed by atoms with van der Waals surface area (Å²) in [6.45, 7) is 0. The van der Waals surface area contributed by atoms with Gasteiger partial charge < -0.3 is 10.1 Å². The van der Waals surface area contributed by atoms with Crippen molar-refractivity contribution in [3.05, 3.63) is 52.5 Å². The molecule has 0 fully saturated rings. The highest BCUT2D eigenvalue weighted by Crippen LogP contribution is 2.33. The Morgan fingerprint density at radius 3 is 2.74 bits per heavy atom. The molecule has 0 saturated carbocycles. The van der Waals surface area contributed by atoms with Gasteiger partial charge in [-0.25, -0.2) is 0 Å². The maximum Gasteiger partial charge on any atom is 0.124 e. The number of fused-ring (bicyclic) bond motifs is 1. The van der Waals surface area contributed by atoms with E-state index in [1.807, 2.05) is 24.3 Å². The van der Waals surface area contributed by atoms with Crippen LogP contribution in [0, 0.1) is 11.3 Å². The molecule has 2 N–H and O–H groups in total. The molecule has 0 aliphatic rings. The van der Waals surface area contributed by atoms with Crippen LogP contribution in [0.15, 0.2) is 46.9 Å². The third kappa shape index (κ3) is 2.09. The van der Waals surface area contributed by atoms with Crippen molar-refractivity contribution in [3.63, 3.8) is 0 Å². The molecule has 3 nitrogen and oxygen atoms in total. The summed E-state index contributed by atoms with van der Waals surface area (Å²) in [5.41, 5.74) is 3.11. The zero-order valence-electron chi connectivity index (χ0n) is 9.81. The maximum atomic E-state index is 9.92. The molecule has 4 heteroatoms. The molecule has 0 spiro atoms. The number of aromatic amines is 1. The third-order valence-electron chi connectivity index (χ3n) is 3.00. The van der Waals surface area contributed by atoms with E-state index in [0.29, 0.717) is 5.56 Å². The summed E-state index contributed by atoms with van der Waals surface area (Å²) in [6, 6.07) is 14.8. The van der Waals surface area contributed by atoms with Crippen molar-refractivity contribution in [3.8, 4) is 23.1 Å². The Balaban J connectivity index is 2.21. The van der Waals surface area contributed by atoms with Crippen LogP contribution in [-0.4, -0.2) is 10.1 Å². The summed E-state index contributed by atoms with van der Waals surface area (Å²) in [7, 11) is 0. The van der Waals surface area contributed by atoms with E-state index in [1.54, 1.807) is 18.2 Å². The second kappa shape index (κ2) is 4.45. The molecule has 0 radical (unpaired) electrons. The molecule has 0 saturated heterocycles. The summed E-state index contributed by atoms with van der Waals surface area (Å²) < 4.78 is 0.900. The number of halogens is 1. The first-order chi connectivity index (χ1) is 9.17. The van der Waals surface area contributed by atoms with Gasteiger partial charge in [0.15, 0.2) is 0 Å². The fourth-order valence-electron chi connectivity index (χ4n) is 2.07. The standard InChI is InChI=1S/C15H9BrN2O/c16-11-2-4-15(19)12(7-11)14-6-10-5-9(8-17)1-3-13(10)18-14/h1-7,18-19H. The predicted octanol–water partition coefficient (Wildman–Crippen LogP) is 4.17. The average molecular weight is 313 g/mol. The van der Waals surface area contributed by atoms with E-state index in [4.69, 9.17) is 5.26 Å². The minimum Gasteiger partial charge on any atom is -0.507 e. The normalized spacial score (nSPS) is 10.5. The van der Waals surface area contributed by atoms with Crippen molar-refractivity contribution in [2.24, 2.45) is 0 Å². The van der Waals surface area contributed by atoms with Gasteiger partial charge in [0.25, 0.3) is 0 Å². The largest absolute Gasteiger partial charge is 0.507 e. The molecule has 0 unspecified atom stereocenters. The number of benzene rings is 2. The molecule has 0 bridgehead atoms. The Bertz CT molecular complexity index is 815. The summed E-state index contributed by atoms with van der Waals surface area (Å²) >= 11 is 3.39. The number of aromatic nitrogens is 1. The van der Waals surface area contributed by atoms with Gasteiger partial charge in [-0.2, -0.15) is 5.26 Å². The topological polar surface area (TPSA) is 59.8 Å². The van der Waals surface area contributed by atoms with Crippen LogP contribution >= 0.6 is 15.9 Å². The van der Waals surface area contributed by atoms with Gasteiger partial charge in [0, 0.05) is 20.9 Å². The average Bonchev–Trinajstić information content (AvgIpc) is 2.83. The van der Waals surface area contributed by atoms with E-state index in [1.165, 1.54) is 0 Å². The third-order valence-corrected chi connectivity index (χ3v) is 3.49. The summed E-state index contributed by atoms with van der Waals surface area (Å²) in [5, 5.41) is 19.8. The Morgan fingerprint density at radius 2 is 1.95 bits per heavy atom. The van der Waals surface area contributed by atoms with E-state index >= 15 is 0 Å². The molecule has 1 heterocycles. The first kappa shape index (κ1) is 11.8. The van der Waals surface area contributed by atoms with E-state index in [-0.39, 0.29) is 5.75 Å². The Morgan fingerprint density at radius 1 is 1.11 bits per heavy atom. The van der Waals surface area contributed by atoms with E-state index < -0.39 is 0 Å². The first-order valence-corrected chi connectivity index (χ1v) is 6.48. The van der Waals surface area contributed by atoms with Crippen molar-refractivity contribution >= 4 is 26.8 Å². The molecule has 3 aromatic rings. The van der Waals surface area contributed by atoms with E-state index in [0.717, 1.165) is 26.6 Å². The number of hydrogen-bond donors (Lipinski definition) is 2. The molecule has 1 aromatic heterocycles. The lowest BCUT2D eigenvalue weighted by Crippen LogP contribution is -1.79. The minimum atomic E-state index is 0.218. The number of rotatable bonds is 1. The molecule has 92 valence electrons. The van der Waals surface area contributed by atoms with Gasteiger partial charge in [-0.1, -0.05) is 15.9 Å². The molecule has 19 heavy (non-hydrogen) atoms. The lowest BCUT2D eigenvalue weighted by atomic mass is 10.1. The van der Waals surface area contributed by atoms with Gasteiger partial charge in [0.1, 0.15) is 5.75 Å². The summed E-state index contributed by atoms with van der Waals surface area (Å²) in [6.07, 6.45) is 0. The molecule has 3 rings (SSSR count). The number of phenolic OH excluding ortho intramolecular Hbond substituents is 1. The van der Waals surface area contributed by atoms with Gasteiger partial charge in [-0.05, 0) is 42.5 Å². The number of aromatic hydroxyl groups is 1. The van der Waals surface area contributed by atoms with Crippen LogP contribution in [0.3, 0.4) is 0 Å². The molecular weight excluding hydrogens is 304 g/mol. The first-order valence-electron chi connectivity index (χ1n) is 5.69. The van der Waals surface area contributed by atoms with Crippen LogP contribution < -0.4 is 0 Å². The van der Waals surface area contributed by atoms with Crippen LogP contribution in [0.4, 0.5) is 0 Å². The summed E-state index contributed by atoms with van der Waals surface area (Å²) in [4.78, 5) is 3.24. The van der Waals surface area contributed by atoms with E-state index in [9.17, 15) is 5.11 Å². The Labute approximate surface area is 118 Å². The number of phenols is 1. The highest BCUT2D eigenvalue weighted by atomic mass is 79.9. The van der Waals surface area contributed by atoms with Crippen LogP contribution in [0.1, 0.15) is 5.56 Å². The zero-order valence-corrected chi connectivity index (χ0v) is 11.4. The molecular formula is C15H9BrN2O. The second-order valence-corrected chi connectivity index (χ2v) is 5.17. The lowest BCUT2D eigenvalue weighted by Gasteiger charge is -2.02. The van der Waals surface area contributed by atoms with Gasteiger partial charge in [0.05, 0.1) is 17.3 Å². The van der Waals surface area contributed by atoms with E-state index in [2.05, 4.69) is 27.0 Å². The van der Waals surface area contributed by atoms with Crippen LogP contribution in [-0.2, 0) is 0 Å². The Kier molecular flexibility index (Phi) is 2.77. The number of hydrogen-bond acceptors (Lipinski definition) is 2. The van der Waals surface area contributed by atoms with Crippen LogP contribution in [0.2, 0.25) is 0 Å². The molecule has 0 amide bonds. The van der Waals surface area contributed by atoms with Crippen molar-refractivity contribution in [2.45, 2.75) is 0 Å². The van der Waals surface area contributed by atoms with Crippen LogP contribution in [0.25, 0.3) is 22.2 Å².